The Morgan fingerprint density at radius 1 is 0.792 bits per heavy atom. The third-order valence-corrected chi connectivity index (χ3v) is 10.3. The van der Waals surface area contributed by atoms with Crippen LogP contribution in [0.1, 0.15) is 69.5 Å². The molecule has 0 saturated carbocycles. The summed E-state index contributed by atoms with van der Waals surface area (Å²) in [5.74, 6) is -1.27. The number of aromatic nitrogens is 1. The van der Waals surface area contributed by atoms with E-state index in [1.54, 1.807) is 16.7 Å². The zero-order valence-corrected chi connectivity index (χ0v) is 31.6. The molecule has 0 radical (unpaired) electrons. The molecule has 1 fully saturated rings. The van der Waals surface area contributed by atoms with Crippen LogP contribution in [0.15, 0.2) is 78.9 Å². The molecule has 2 aromatic carbocycles. The summed E-state index contributed by atoms with van der Waals surface area (Å²) in [7, 11) is 0. The Labute approximate surface area is 313 Å². The van der Waals surface area contributed by atoms with Gasteiger partial charge in [-0.25, -0.2) is 9.59 Å². The third-order valence-electron chi connectivity index (χ3n) is 10.3. The molecule has 1 saturated heterocycles. The fourth-order valence-corrected chi connectivity index (χ4v) is 6.91. The fourth-order valence-electron chi connectivity index (χ4n) is 6.91. The average Bonchev–Trinajstić information content (AvgIpc) is 3.48. The number of rotatable bonds is 19. The van der Waals surface area contributed by atoms with Gasteiger partial charge in [0.25, 0.3) is 0 Å². The number of aliphatic hydroxyl groups excluding tert-OH is 1. The van der Waals surface area contributed by atoms with Crippen molar-refractivity contribution in [3.05, 3.63) is 101 Å². The minimum Gasteiger partial charge on any atom is -0.465 e. The highest BCUT2D eigenvalue weighted by Crippen LogP contribution is 2.23. The van der Waals surface area contributed by atoms with Crippen molar-refractivity contribution in [2.75, 3.05) is 13.1 Å². The van der Waals surface area contributed by atoms with Crippen molar-refractivity contribution in [1.29, 1.82) is 0 Å². The van der Waals surface area contributed by atoms with Crippen LogP contribution in [0, 0.1) is 18.8 Å². The van der Waals surface area contributed by atoms with E-state index in [1.165, 1.54) is 0 Å². The number of amides is 5. The van der Waals surface area contributed by atoms with Gasteiger partial charge in [-0.2, -0.15) is 0 Å². The van der Waals surface area contributed by atoms with Crippen LogP contribution in [0.4, 0.5) is 9.59 Å². The second-order valence-corrected chi connectivity index (χ2v) is 14.3. The molecule has 0 spiro atoms. The number of nitrogens with one attached hydrogen (secondary N) is 3. The number of pyridine rings is 1. The van der Waals surface area contributed by atoms with Gasteiger partial charge in [-0.05, 0) is 61.3 Å². The molecule has 2 heterocycles. The highest BCUT2D eigenvalue weighted by atomic mass is 16.4. The maximum absolute atomic E-state index is 14.4. The van der Waals surface area contributed by atoms with Crippen LogP contribution in [-0.4, -0.2) is 92.3 Å². The van der Waals surface area contributed by atoms with Gasteiger partial charge in [0.15, 0.2) is 0 Å². The molecular formula is C41H56N6O6. The molecule has 5 amide bonds. The van der Waals surface area contributed by atoms with Gasteiger partial charge in [0.2, 0.25) is 11.8 Å². The van der Waals surface area contributed by atoms with E-state index < -0.39 is 42.3 Å². The van der Waals surface area contributed by atoms with E-state index in [4.69, 9.17) is 0 Å². The van der Waals surface area contributed by atoms with Gasteiger partial charge in [-0.3, -0.25) is 14.6 Å². The molecule has 0 bridgehead atoms. The van der Waals surface area contributed by atoms with Gasteiger partial charge in [0, 0.05) is 24.8 Å². The molecule has 12 heteroatoms. The number of hydrogen-bond donors (Lipinski definition) is 5. The molecule has 7 atom stereocenters. The van der Waals surface area contributed by atoms with Crippen LogP contribution >= 0.6 is 0 Å². The number of aryl methyl sites for hydroxylation is 1. The lowest BCUT2D eigenvalue weighted by Crippen LogP contribution is -2.57. The van der Waals surface area contributed by atoms with Gasteiger partial charge in [-0.15, -0.1) is 0 Å². The second kappa shape index (κ2) is 19.8. The molecule has 12 nitrogen and oxygen atoms in total. The summed E-state index contributed by atoms with van der Waals surface area (Å²) < 4.78 is 0. The first kappa shape index (κ1) is 40.8. The first-order chi connectivity index (χ1) is 25.4. The van der Waals surface area contributed by atoms with E-state index in [1.807, 2.05) is 107 Å². The Bertz CT molecular complexity index is 1640. The number of carbonyl (C=O) groups excluding carboxylic acids is 3. The number of nitrogens with zero attached hydrogens (tertiary/aromatic N) is 3. The summed E-state index contributed by atoms with van der Waals surface area (Å²) in [6, 6.07) is 21.5. The highest BCUT2D eigenvalue weighted by molar-refractivity contribution is 5.88. The van der Waals surface area contributed by atoms with Crippen molar-refractivity contribution < 1.29 is 29.4 Å². The lowest BCUT2D eigenvalue weighted by Gasteiger charge is -2.34. The van der Waals surface area contributed by atoms with Crippen molar-refractivity contribution in [2.45, 2.75) is 104 Å². The molecule has 0 aliphatic carbocycles. The largest absolute Gasteiger partial charge is 0.465 e. The lowest BCUT2D eigenvalue weighted by atomic mass is 9.91. The van der Waals surface area contributed by atoms with Crippen molar-refractivity contribution >= 4 is 23.9 Å². The van der Waals surface area contributed by atoms with Crippen LogP contribution in [0.3, 0.4) is 0 Å². The number of carboxylic acid groups (broad SMARTS) is 1. The van der Waals surface area contributed by atoms with Crippen LogP contribution in [0.5, 0.6) is 0 Å². The summed E-state index contributed by atoms with van der Waals surface area (Å²) >= 11 is 0. The Balaban J connectivity index is 1.58. The predicted octanol–water partition coefficient (Wildman–Crippen LogP) is 4.93. The SMILES string of the molecule is CCC(C)[C@H](NC(=O)O)C(=O)N[C@@H](Cc1ccccc1)[C@H](O)C[C@H](Cc1ccccc1)NC(=O)[C@H](C(C)CC)N1CCN(Cc2cccc(C)n2)C1=O. The maximum atomic E-state index is 14.4. The van der Waals surface area contributed by atoms with E-state index in [0.29, 0.717) is 38.9 Å². The quantitative estimate of drug-likeness (QED) is 0.117. The topological polar surface area (TPSA) is 164 Å². The minimum atomic E-state index is -1.31. The number of benzene rings is 2. The zero-order valence-electron chi connectivity index (χ0n) is 31.6. The first-order valence-corrected chi connectivity index (χ1v) is 18.7. The lowest BCUT2D eigenvalue weighted by molar-refractivity contribution is -0.128. The van der Waals surface area contributed by atoms with Crippen molar-refractivity contribution in [2.24, 2.45) is 11.8 Å². The smallest absolute Gasteiger partial charge is 0.405 e. The van der Waals surface area contributed by atoms with Gasteiger partial charge < -0.3 is 36.0 Å². The fraction of sp³-hybridized carbons (Fsp3) is 0.488. The van der Waals surface area contributed by atoms with E-state index in [0.717, 1.165) is 22.5 Å². The maximum Gasteiger partial charge on any atom is 0.405 e. The Hall–Kier alpha value is -4.97. The van der Waals surface area contributed by atoms with E-state index in [-0.39, 0.29) is 36.6 Å². The molecule has 1 aromatic heterocycles. The monoisotopic (exact) mass is 728 g/mol. The van der Waals surface area contributed by atoms with Crippen LogP contribution in [-0.2, 0) is 29.0 Å². The molecule has 2 unspecified atom stereocenters. The molecule has 4 rings (SSSR count). The molecule has 1 aliphatic rings. The Kier molecular flexibility index (Phi) is 15.2. The van der Waals surface area contributed by atoms with Crippen LogP contribution < -0.4 is 16.0 Å². The number of aliphatic hydroxyl groups is 1. The predicted molar refractivity (Wildman–Crippen MR) is 204 cm³/mol. The van der Waals surface area contributed by atoms with Gasteiger partial charge >= 0.3 is 12.1 Å². The molecule has 1 aliphatic heterocycles. The average molecular weight is 729 g/mol. The molecular weight excluding hydrogens is 672 g/mol. The van der Waals surface area contributed by atoms with Crippen molar-refractivity contribution in [3.8, 4) is 0 Å². The number of urea groups is 1. The molecule has 3 aromatic rings. The summed E-state index contributed by atoms with van der Waals surface area (Å²) in [5.41, 5.74) is 3.48. The molecule has 5 N–H and O–H groups in total. The standard InChI is InChI=1S/C41H56N6O6/c1-6-27(3)36(45-40(51)52)38(49)44-34(24-31-18-12-9-13-19-31)35(48)25-33(23-30-16-10-8-11-17-30)43-39(50)37(28(4)7-2)47-22-21-46(41(47)53)26-32-20-14-15-29(5)42-32/h8-20,27-28,33-37,45,48H,6-7,21-26H2,1-5H3,(H,43,50)(H,44,49)(H,51,52)/t27?,28?,33-,34-,35+,36-,37-/m0/s1. The zero-order chi connectivity index (χ0) is 38.5. The van der Waals surface area contributed by atoms with Gasteiger partial charge in [0.1, 0.15) is 12.1 Å². The van der Waals surface area contributed by atoms with Crippen LogP contribution in [0.2, 0.25) is 0 Å². The highest BCUT2D eigenvalue weighted by Gasteiger charge is 2.41. The third kappa shape index (κ3) is 11.8. The first-order valence-electron chi connectivity index (χ1n) is 18.7. The molecule has 286 valence electrons. The van der Waals surface area contributed by atoms with Gasteiger partial charge in [-0.1, -0.05) is 107 Å². The van der Waals surface area contributed by atoms with Crippen molar-refractivity contribution in [1.82, 2.24) is 30.7 Å². The van der Waals surface area contributed by atoms with Crippen molar-refractivity contribution in [3.63, 3.8) is 0 Å². The van der Waals surface area contributed by atoms with Gasteiger partial charge in [0.05, 0.1) is 24.4 Å². The Morgan fingerprint density at radius 2 is 1.42 bits per heavy atom. The number of hydrogen-bond acceptors (Lipinski definition) is 6. The van der Waals surface area contributed by atoms with E-state index in [2.05, 4.69) is 20.9 Å². The Morgan fingerprint density at radius 3 is 2.00 bits per heavy atom. The summed E-state index contributed by atoms with van der Waals surface area (Å²) in [6.07, 6.45) is -0.429. The number of carbonyl (C=O) groups is 4. The summed E-state index contributed by atoms with van der Waals surface area (Å²) in [4.78, 5) is 61.3. The molecule has 53 heavy (non-hydrogen) atoms. The summed E-state index contributed by atoms with van der Waals surface area (Å²) in [5, 5.41) is 29.9. The summed E-state index contributed by atoms with van der Waals surface area (Å²) in [6.45, 7) is 10.8. The van der Waals surface area contributed by atoms with E-state index in [9.17, 15) is 29.4 Å². The van der Waals surface area contributed by atoms with Crippen LogP contribution in [0.25, 0.3) is 0 Å². The minimum absolute atomic E-state index is 0.0884. The van der Waals surface area contributed by atoms with E-state index >= 15 is 0 Å². The normalized spacial score (nSPS) is 16.9. The second-order valence-electron chi connectivity index (χ2n) is 14.3.